The fourth-order valence-corrected chi connectivity index (χ4v) is 3.83. The molecule has 1 N–H and O–H groups in total. The Morgan fingerprint density at radius 3 is 2.11 bits per heavy atom. The average molecular weight is 466 g/mol. The number of methoxy groups -OCH3 is 1. The van der Waals surface area contributed by atoms with Gasteiger partial charge in [0.2, 0.25) is 0 Å². The summed E-state index contributed by atoms with van der Waals surface area (Å²) in [5, 5.41) is 3.08. The number of nitrogens with one attached hydrogen (secondary N) is 1. The maximum absolute atomic E-state index is 13.5. The summed E-state index contributed by atoms with van der Waals surface area (Å²) in [5.41, 5.74) is 2.93. The number of nitrogens with zero attached hydrogens (tertiary/aromatic N) is 1. The van der Waals surface area contributed by atoms with Gasteiger partial charge in [-0.1, -0.05) is 18.2 Å². The molecule has 174 valence electrons. The molecule has 1 heterocycles. The smallest absolute Gasteiger partial charge is 0.343 e. The molecule has 1 aliphatic rings. The fraction of sp³-hybridized carbons (Fsp3) is 0.0714. The Labute approximate surface area is 202 Å². The molecule has 35 heavy (non-hydrogen) atoms. The molecule has 0 radical (unpaired) electrons. The summed E-state index contributed by atoms with van der Waals surface area (Å²) in [4.78, 5) is 27.8. The zero-order valence-electron chi connectivity index (χ0n) is 19.1. The number of hydrogen-bond donors (Lipinski definition) is 1. The molecular weight excluding hydrogens is 444 g/mol. The van der Waals surface area contributed by atoms with Gasteiger partial charge in [-0.15, -0.1) is 0 Å². The number of anilines is 3. The molecule has 7 heteroatoms. The van der Waals surface area contributed by atoms with Gasteiger partial charge in [0.25, 0.3) is 5.91 Å². The molecule has 0 spiro atoms. The molecule has 0 saturated heterocycles. The molecule has 4 aromatic rings. The van der Waals surface area contributed by atoms with Gasteiger partial charge in [-0.05, 0) is 60.7 Å². The highest BCUT2D eigenvalue weighted by Gasteiger charge is 2.31. The lowest BCUT2D eigenvalue weighted by atomic mass is 10.1. The van der Waals surface area contributed by atoms with E-state index in [9.17, 15) is 9.59 Å². The largest absolute Gasteiger partial charge is 0.497 e. The highest BCUT2D eigenvalue weighted by atomic mass is 16.5. The summed E-state index contributed by atoms with van der Waals surface area (Å²) in [6.45, 7) is 0. The van der Waals surface area contributed by atoms with E-state index in [4.69, 9.17) is 14.2 Å². The lowest BCUT2D eigenvalue weighted by Gasteiger charge is -2.31. The number of benzene rings is 4. The first-order valence-electron chi connectivity index (χ1n) is 11.0. The zero-order valence-corrected chi connectivity index (χ0v) is 19.1. The zero-order chi connectivity index (χ0) is 24.4. The third-order valence-electron chi connectivity index (χ3n) is 5.64. The van der Waals surface area contributed by atoms with Crippen LogP contribution in [0.3, 0.4) is 0 Å². The molecule has 0 unspecified atom stereocenters. The van der Waals surface area contributed by atoms with Crippen molar-refractivity contribution in [2.75, 3.05) is 24.4 Å². The minimum atomic E-state index is -0.515. The molecule has 0 saturated carbocycles. The van der Waals surface area contributed by atoms with E-state index in [1.807, 2.05) is 43.4 Å². The maximum Gasteiger partial charge on any atom is 0.343 e. The van der Waals surface area contributed by atoms with E-state index in [2.05, 4.69) is 5.32 Å². The third kappa shape index (κ3) is 4.27. The SMILES string of the molecule is CNc1ccc2c(c1)Oc1cc(OC(=O)c3ccc(OC)cc3)ccc1N2C(=O)c1ccccc1. The van der Waals surface area contributed by atoms with Crippen molar-refractivity contribution in [3.63, 3.8) is 0 Å². The van der Waals surface area contributed by atoms with Crippen molar-refractivity contribution in [3.8, 4) is 23.0 Å². The van der Waals surface area contributed by atoms with Crippen LogP contribution in [0.25, 0.3) is 0 Å². The highest BCUT2D eigenvalue weighted by molar-refractivity contribution is 6.13. The quantitative estimate of drug-likeness (QED) is 0.285. The van der Waals surface area contributed by atoms with Gasteiger partial charge in [0.15, 0.2) is 11.5 Å². The first-order valence-corrected chi connectivity index (χ1v) is 11.0. The topological polar surface area (TPSA) is 77.1 Å². The molecule has 0 aromatic heterocycles. The van der Waals surface area contributed by atoms with Crippen molar-refractivity contribution in [2.45, 2.75) is 0 Å². The van der Waals surface area contributed by atoms with Crippen LogP contribution in [0.4, 0.5) is 17.1 Å². The van der Waals surface area contributed by atoms with Crippen LogP contribution >= 0.6 is 0 Å². The van der Waals surface area contributed by atoms with E-state index in [1.54, 1.807) is 66.6 Å². The molecule has 1 aliphatic heterocycles. The summed E-state index contributed by atoms with van der Waals surface area (Å²) in [5.74, 6) is 1.13. The predicted octanol–water partition coefficient (Wildman–Crippen LogP) is 6.04. The van der Waals surface area contributed by atoms with Crippen LogP contribution in [-0.4, -0.2) is 26.0 Å². The van der Waals surface area contributed by atoms with E-state index < -0.39 is 5.97 Å². The maximum atomic E-state index is 13.5. The summed E-state index contributed by atoms with van der Waals surface area (Å²) in [6, 6.07) is 26.2. The average Bonchev–Trinajstić information content (AvgIpc) is 2.91. The predicted molar refractivity (Wildman–Crippen MR) is 133 cm³/mol. The summed E-state index contributed by atoms with van der Waals surface area (Å²) in [7, 11) is 3.37. The van der Waals surface area contributed by atoms with Gasteiger partial charge < -0.3 is 19.5 Å². The molecular formula is C28H22N2O5. The number of hydrogen-bond acceptors (Lipinski definition) is 6. The molecule has 0 atom stereocenters. The van der Waals surface area contributed by atoms with Crippen molar-refractivity contribution >= 4 is 28.9 Å². The Morgan fingerprint density at radius 2 is 1.43 bits per heavy atom. The Bertz CT molecular complexity index is 1400. The number of rotatable bonds is 5. The van der Waals surface area contributed by atoms with Crippen molar-refractivity contribution in [1.82, 2.24) is 0 Å². The normalized spacial score (nSPS) is 11.5. The standard InChI is InChI=1S/C28H22N2O5/c1-29-20-10-14-23-25(16-20)35-26-17-22(34-28(32)19-8-11-21(33-2)12-9-19)13-15-24(26)30(23)27(31)18-6-4-3-5-7-18/h3-17,29H,1-2H3. The van der Waals surface area contributed by atoms with E-state index >= 15 is 0 Å². The molecule has 4 aromatic carbocycles. The molecule has 1 amide bonds. The van der Waals surface area contributed by atoms with Gasteiger partial charge in [0.05, 0.1) is 24.0 Å². The summed E-state index contributed by atoms with van der Waals surface area (Å²) >= 11 is 0. The Kier molecular flexibility index (Phi) is 5.81. The first kappa shape index (κ1) is 22.0. The molecule has 0 bridgehead atoms. The van der Waals surface area contributed by atoms with Gasteiger partial charge in [-0.3, -0.25) is 9.69 Å². The molecule has 7 nitrogen and oxygen atoms in total. The van der Waals surface area contributed by atoms with Gasteiger partial charge in [-0.2, -0.15) is 0 Å². The van der Waals surface area contributed by atoms with E-state index in [-0.39, 0.29) is 5.91 Å². The van der Waals surface area contributed by atoms with Crippen LogP contribution in [-0.2, 0) is 0 Å². The lowest BCUT2D eigenvalue weighted by Crippen LogP contribution is -2.28. The third-order valence-corrected chi connectivity index (χ3v) is 5.64. The highest BCUT2D eigenvalue weighted by Crippen LogP contribution is 2.49. The van der Waals surface area contributed by atoms with Gasteiger partial charge in [-0.25, -0.2) is 4.79 Å². The van der Waals surface area contributed by atoms with Crippen LogP contribution in [0.1, 0.15) is 20.7 Å². The Balaban J connectivity index is 1.50. The second-order valence-corrected chi connectivity index (χ2v) is 7.79. The van der Waals surface area contributed by atoms with Gasteiger partial charge in [0, 0.05) is 30.4 Å². The number of carbonyl (C=O) groups is 2. The Morgan fingerprint density at radius 1 is 0.771 bits per heavy atom. The molecule has 5 rings (SSSR count). The second kappa shape index (κ2) is 9.23. The van der Waals surface area contributed by atoms with Crippen molar-refractivity contribution in [2.24, 2.45) is 0 Å². The van der Waals surface area contributed by atoms with Crippen molar-refractivity contribution < 1.29 is 23.8 Å². The van der Waals surface area contributed by atoms with Crippen LogP contribution in [0, 0.1) is 0 Å². The number of amides is 1. The number of esters is 1. The molecule has 0 fully saturated rings. The van der Waals surface area contributed by atoms with E-state index in [1.165, 1.54) is 0 Å². The van der Waals surface area contributed by atoms with E-state index in [0.717, 1.165) is 5.69 Å². The van der Waals surface area contributed by atoms with E-state index in [0.29, 0.717) is 45.5 Å². The molecule has 0 aliphatic carbocycles. The van der Waals surface area contributed by atoms with Gasteiger partial charge >= 0.3 is 5.97 Å². The van der Waals surface area contributed by atoms with Crippen LogP contribution in [0.2, 0.25) is 0 Å². The summed E-state index contributed by atoms with van der Waals surface area (Å²) in [6.07, 6.45) is 0. The summed E-state index contributed by atoms with van der Waals surface area (Å²) < 4.78 is 16.9. The first-order chi connectivity index (χ1) is 17.1. The van der Waals surface area contributed by atoms with Crippen LogP contribution in [0.15, 0.2) is 91.0 Å². The van der Waals surface area contributed by atoms with Crippen LogP contribution < -0.4 is 24.4 Å². The minimum Gasteiger partial charge on any atom is -0.497 e. The Hall–Kier alpha value is -4.78. The van der Waals surface area contributed by atoms with Gasteiger partial charge in [0.1, 0.15) is 11.5 Å². The van der Waals surface area contributed by atoms with Crippen molar-refractivity contribution in [1.29, 1.82) is 0 Å². The monoisotopic (exact) mass is 466 g/mol. The fourth-order valence-electron chi connectivity index (χ4n) is 3.83. The number of fused-ring (bicyclic) bond motifs is 2. The second-order valence-electron chi connectivity index (χ2n) is 7.79. The minimum absolute atomic E-state index is 0.198. The van der Waals surface area contributed by atoms with Crippen LogP contribution in [0.5, 0.6) is 23.0 Å². The number of carbonyl (C=O) groups excluding carboxylic acids is 2. The lowest BCUT2D eigenvalue weighted by molar-refractivity contribution is 0.0734. The number of ether oxygens (including phenoxy) is 3. The van der Waals surface area contributed by atoms with Crippen molar-refractivity contribution in [3.05, 3.63) is 102 Å².